The first-order chi connectivity index (χ1) is 4.16. The number of hydrogen-bond acceptors (Lipinski definition) is 2. The predicted molar refractivity (Wildman–Crippen MR) is 45.2 cm³/mol. The molecule has 0 fully saturated rings. The number of nitrogens with two attached hydrogens (primary N) is 1. The van der Waals surface area contributed by atoms with Gasteiger partial charge in [-0.05, 0) is 19.1 Å². The summed E-state index contributed by atoms with van der Waals surface area (Å²) >= 11 is 4.05. The lowest BCUT2D eigenvalue weighted by molar-refractivity contribution is 1.32. The highest BCUT2D eigenvalue weighted by Crippen LogP contribution is 2.00. The summed E-state index contributed by atoms with van der Waals surface area (Å²) in [6.07, 6.45) is 5.23. The van der Waals surface area contributed by atoms with Crippen LogP contribution in [0.5, 0.6) is 0 Å². The molecule has 0 aromatic heterocycles. The van der Waals surface area contributed by atoms with E-state index in [9.17, 15) is 0 Å². The number of hydrogen-bond donors (Lipinski definition) is 2. The van der Waals surface area contributed by atoms with Crippen molar-refractivity contribution in [1.29, 1.82) is 0 Å². The van der Waals surface area contributed by atoms with E-state index in [1.165, 1.54) is 0 Å². The van der Waals surface area contributed by atoms with E-state index >= 15 is 0 Å². The Balaban J connectivity index is 3.98. The van der Waals surface area contributed by atoms with Crippen LogP contribution >= 0.6 is 12.6 Å². The first-order valence-electron chi connectivity index (χ1n) is 2.62. The van der Waals surface area contributed by atoms with E-state index < -0.39 is 0 Å². The third-order valence-corrected chi connectivity index (χ3v) is 1.06. The molecule has 0 saturated heterocycles. The van der Waals surface area contributed by atoms with E-state index in [4.69, 9.17) is 5.73 Å². The summed E-state index contributed by atoms with van der Waals surface area (Å²) < 4.78 is 0. The minimum atomic E-state index is 0.767. The topological polar surface area (TPSA) is 26.0 Å². The molecular formula is C7H11NS. The van der Waals surface area contributed by atoms with Gasteiger partial charge in [0.25, 0.3) is 0 Å². The van der Waals surface area contributed by atoms with Gasteiger partial charge in [0, 0.05) is 10.6 Å². The third-order valence-electron chi connectivity index (χ3n) is 0.726. The summed E-state index contributed by atoms with van der Waals surface area (Å²) in [6, 6.07) is 0. The highest BCUT2D eigenvalue weighted by Gasteiger charge is 1.75. The summed E-state index contributed by atoms with van der Waals surface area (Å²) in [5.41, 5.74) is 6.11. The molecule has 0 radical (unpaired) electrons. The van der Waals surface area contributed by atoms with Crippen molar-refractivity contribution in [2.24, 2.45) is 5.73 Å². The van der Waals surface area contributed by atoms with Crippen molar-refractivity contribution in [3.8, 4) is 0 Å². The molecule has 0 atom stereocenters. The van der Waals surface area contributed by atoms with Crippen molar-refractivity contribution >= 4 is 12.6 Å². The van der Waals surface area contributed by atoms with Gasteiger partial charge in [-0.15, -0.1) is 12.6 Å². The van der Waals surface area contributed by atoms with Crippen LogP contribution in [0, 0.1) is 0 Å². The molecule has 0 heterocycles. The highest BCUT2D eigenvalue weighted by molar-refractivity contribution is 7.84. The van der Waals surface area contributed by atoms with Crippen molar-refractivity contribution in [3.63, 3.8) is 0 Å². The van der Waals surface area contributed by atoms with E-state index in [0.717, 1.165) is 10.6 Å². The first-order valence-corrected chi connectivity index (χ1v) is 3.07. The fourth-order valence-corrected chi connectivity index (χ4v) is 0.359. The Labute approximate surface area is 61.4 Å². The lowest BCUT2D eigenvalue weighted by Gasteiger charge is -1.85. The second-order valence-electron chi connectivity index (χ2n) is 1.71. The van der Waals surface area contributed by atoms with Crippen molar-refractivity contribution in [2.75, 3.05) is 0 Å². The van der Waals surface area contributed by atoms with Gasteiger partial charge >= 0.3 is 0 Å². The quantitative estimate of drug-likeness (QED) is 0.445. The second-order valence-corrected chi connectivity index (χ2v) is 2.22. The van der Waals surface area contributed by atoms with Gasteiger partial charge in [-0.3, -0.25) is 0 Å². The molecule has 0 amide bonds. The van der Waals surface area contributed by atoms with Gasteiger partial charge in [-0.1, -0.05) is 12.7 Å². The van der Waals surface area contributed by atoms with Crippen LogP contribution in [0.2, 0.25) is 0 Å². The van der Waals surface area contributed by atoms with Crippen LogP contribution in [-0.4, -0.2) is 0 Å². The number of thiol groups is 1. The normalized spacial score (nSPS) is 13.6. The van der Waals surface area contributed by atoms with Crippen LogP contribution in [0.1, 0.15) is 6.92 Å². The lowest BCUT2D eigenvalue weighted by atomic mass is 10.4. The molecule has 0 saturated carbocycles. The van der Waals surface area contributed by atoms with E-state index in [1.54, 1.807) is 18.2 Å². The van der Waals surface area contributed by atoms with Crippen LogP contribution in [0.25, 0.3) is 0 Å². The van der Waals surface area contributed by atoms with E-state index in [-0.39, 0.29) is 0 Å². The standard InChI is InChI=1S/C7H11NS/c1-3-7(9)5-4-6(2)8/h3-5,9H,1,8H2,2H3/b6-4+,7-5+. The van der Waals surface area contributed by atoms with Crippen molar-refractivity contribution in [2.45, 2.75) is 6.92 Å². The average molecular weight is 141 g/mol. The zero-order chi connectivity index (χ0) is 7.28. The zero-order valence-electron chi connectivity index (χ0n) is 5.46. The van der Waals surface area contributed by atoms with Crippen LogP contribution in [0.3, 0.4) is 0 Å². The molecule has 9 heavy (non-hydrogen) atoms. The van der Waals surface area contributed by atoms with Crippen LogP contribution in [0.4, 0.5) is 0 Å². The van der Waals surface area contributed by atoms with Gasteiger partial charge in [0.2, 0.25) is 0 Å². The van der Waals surface area contributed by atoms with Crippen LogP contribution in [0.15, 0.2) is 35.4 Å². The first kappa shape index (κ1) is 8.37. The smallest absolute Gasteiger partial charge is 0.00492 e. The van der Waals surface area contributed by atoms with Gasteiger partial charge in [-0.2, -0.15) is 0 Å². The number of allylic oxidation sites excluding steroid dienone is 4. The van der Waals surface area contributed by atoms with E-state index in [2.05, 4.69) is 19.2 Å². The van der Waals surface area contributed by atoms with Crippen LogP contribution < -0.4 is 5.73 Å². The van der Waals surface area contributed by atoms with Crippen molar-refractivity contribution in [1.82, 2.24) is 0 Å². The van der Waals surface area contributed by atoms with Crippen molar-refractivity contribution < 1.29 is 0 Å². The summed E-state index contributed by atoms with van der Waals surface area (Å²) in [6.45, 7) is 5.34. The summed E-state index contributed by atoms with van der Waals surface area (Å²) in [5, 5.41) is 0. The largest absolute Gasteiger partial charge is 0.402 e. The Bertz CT molecular complexity index is 152. The molecule has 2 heteroatoms. The summed E-state index contributed by atoms with van der Waals surface area (Å²) in [7, 11) is 0. The molecule has 2 N–H and O–H groups in total. The summed E-state index contributed by atoms with van der Waals surface area (Å²) in [4.78, 5) is 0.819. The van der Waals surface area contributed by atoms with Gasteiger partial charge < -0.3 is 5.73 Å². The molecule has 0 bridgehead atoms. The Hall–Kier alpha value is -0.630. The van der Waals surface area contributed by atoms with E-state index in [1.807, 2.05) is 6.92 Å². The lowest BCUT2D eigenvalue weighted by Crippen LogP contribution is -1.87. The fraction of sp³-hybridized carbons (Fsp3) is 0.143. The predicted octanol–water partition coefficient (Wildman–Crippen LogP) is 1.85. The Kier molecular flexibility index (Phi) is 3.97. The molecule has 0 rings (SSSR count). The summed E-state index contributed by atoms with van der Waals surface area (Å²) in [5.74, 6) is 0. The minimum Gasteiger partial charge on any atom is -0.402 e. The maximum atomic E-state index is 5.34. The molecule has 0 unspecified atom stereocenters. The van der Waals surface area contributed by atoms with Crippen LogP contribution in [-0.2, 0) is 0 Å². The molecule has 0 aliphatic heterocycles. The van der Waals surface area contributed by atoms with E-state index in [0.29, 0.717) is 0 Å². The maximum absolute atomic E-state index is 5.34. The molecule has 0 aliphatic carbocycles. The van der Waals surface area contributed by atoms with Gasteiger partial charge in [-0.25, -0.2) is 0 Å². The second kappa shape index (κ2) is 4.27. The Morgan fingerprint density at radius 1 is 1.56 bits per heavy atom. The molecule has 0 aromatic carbocycles. The Morgan fingerprint density at radius 2 is 2.11 bits per heavy atom. The number of rotatable bonds is 2. The maximum Gasteiger partial charge on any atom is 0.00492 e. The molecule has 0 spiro atoms. The monoisotopic (exact) mass is 141 g/mol. The minimum absolute atomic E-state index is 0.767. The average Bonchev–Trinajstić information content (AvgIpc) is 1.83. The molecule has 0 aliphatic rings. The fourth-order valence-electron chi connectivity index (χ4n) is 0.285. The van der Waals surface area contributed by atoms with Gasteiger partial charge in [0.15, 0.2) is 0 Å². The zero-order valence-corrected chi connectivity index (χ0v) is 6.36. The molecule has 1 nitrogen and oxygen atoms in total. The SMILES string of the molecule is C=C/C(S)=C\C=C(/C)N. The third kappa shape index (κ3) is 5.24. The molecule has 50 valence electrons. The Morgan fingerprint density at radius 3 is 2.44 bits per heavy atom. The van der Waals surface area contributed by atoms with Crippen molar-refractivity contribution in [3.05, 3.63) is 35.4 Å². The molecule has 0 aromatic rings. The highest BCUT2D eigenvalue weighted by atomic mass is 32.1. The molecular weight excluding hydrogens is 130 g/mol. The van der Waals surface area contributed by atoms with Gasteiger partial charge in [0.05, 0.1) is 0 Å². The van der Waals surface area contributed by atoms with Gasteiger partial charge in [0.1, 0.15) is 0 Å².